The van der Waals surface area contributed by atoms with E-state index >= 15 is 0 Å². The number of H-pyrrole nitrogens is 1. The fourth-order valence-electron chi connectivity index (χ4n) is 3.91. The van der Waals surface area contributed by atoms with Crippen molar-refractivity contribution in [3.63, 3.8) is 0 Å². The van der Waals surface area contributed by atoms with Gasteiger partial charge in [-0.05, 0) is 54.0 Å². The second-order valence-corrected chi connectivity index (χ2v) is 6.95. The fraction of sp³-hybridized carbons (Fsp3) is 0.286. The highest BCUT2D eigenvalue weighted by molar-refractivity contribution is 5.84. The van der Waals surface area contributed by atoms with Crippen LogP contribution in [0.3, 0.4) is 0 Å². The lowest BCUT2D eigenvalue weighted by Gasteiger charge is -2.21. The second-order valence-electron chi connectivity index (χ2n) is 6.95. The Hall–Kier alpha value is -2.46. The van der Waals surface area contributed by atoms with Crippen molar-refractivity contribution in [2.75, 3.05) is 6.54 Å². The number of aromatic amines is 1. The molecule has 1 aromatic heterocycles. The van der Waals surface area contributed by atoms with Gasteiger partial charge in [-0.3, -0.25) is 9.69 Å². The Balaban J connectivity index is 1.58. The highest BCUT2D eigenvalue weighted by atomic mass is 19.1. The highest BCUT2D eigenvalue weighted by Gasteiger charge is 2.30. The van der Waals surface area contributed by atoms with Crippen molar-refractivity contribution in [3.8, 4) is 0 Å². The average Bonchev–Trinajstić information content (AvgIpc) is 2.99. The Morgan fingerprint density at radius 3 is 2.60 bits per heavy atom. The standard InChI is InChI=1S/C21H21FN2O/c1-14-10-16(15-6-8-18(22)9-7-15)12-24(14)13-17-11-23-21(25)20-5-3-2-4-19(17)20/h2-9,11,14,16H,10,12-13H2,1H3,(H,23,25). The first-order valence-electron chi connectivity index (χ1n) is 8.70. The fourth-order valence-corrected chi connectivity index (χ4v) is 3.91. The van der Waals surface area contributed by atoms with Crippen LogP contribution in [0.2, 0.25) is 0 Å². The molecule has 1 fully saturated rings. The van der Waals surface area contributed by atoms with E-state index in [1.54, 1.807) is 0 Å². The van der Waals surface area contributed by atoms with Gasteiger partial charge in [0, 0.05) is 30.7 Å². The molecule has 1 N–H and O–H groups in total. The number of nitrogens with zero attached hydrogens (tertiary/aromatic N) is 1. The predicted octanol–water partition coefficient (Wildman–Crippen LogP) is 4.05. The maximum Gasteiger partial charge on any atom is 0.255 e. The van der Waals surface area contributed by atoms with Crippen molar-refractivity contribution in [3.05, 3.63) is 82.0 Å². The van der Waals surface area contributed by atoms with Crippen molar-refractivity contribution in [1.29, 1.82) is 0 Å². The van der Waals surface area contributed by atoms with E-state index in [2.05, 4.69) is 16.8 Å². The number of rotatable bonds is 3. The lowest BCUT2D eigenvalue weighted by atomic mass is 9.97. The minimum atomic E-state index is -0.189. The van der Waals surface area contributed by atoms with Crippen molar-refractivity contribution < 1.29 is 4.39 Å². The van der Waals surface area contributed by atoms with Gasteiger partial charge < -0.3 is 4.98 Å². The van der Waals surface area contributed by atoms with E-state index in [-0.39, 0.29) is 11.4 Å². The van der Waals surface area contributed by atoms with E-state index < -0.39 is 0 Å². The smallest absolute Gasteiger partial charge is 0.255 e. The largest absolute Gasteiger partial charge is 0.328 e. The van der Waals surface area contributed by atoms with Crippen LogP contribution in [0.1, 0.15) is 30.4 Å². The quantitative estimate of drug-likeness (QED) is 0.783. The maximum atomic E-state index is 13.2. The summed E-state index contributed by atoms with van der Waals surface area (Å²) in [5, 5.41) is 1.76. The Morgan fingerprint density at radius 2 is 1.84 bits per heavy atom. The highest BCUT2D eigenvalue weighted by Crippen LogP contribution is 2.33. The van der Waals surface area contributed by atoms with Gasteiger partial charge in [-0.1, -0.05) is 30.3 Å². The molecule has 4 rings (SSSR count). The number of benzene rings is 2. The third kappa shape index (κ3) is 3.10. The van der Waals surface area contributed by atoms with Gasteiger partial charge in [0.15, 0.2) is 0 Å². The van der Waals surface area contributed by atoms with E-state index in [0.29, 0.717) is 12.0 Å². The zero-order valence-corrected chi connectivity index (χ0v) is 14.2. The molecule has 2 atom stereocenters. The summed E-state index contributed by atoms with van der Waals surface area (Å²) in [5.41, 5.74) is 2.29. The molecule has 0 amide bonds. The van der Waals surface area contributed by atoms with E-state index in [1.165, 1.54) is 17.7 Å². The third-order valence-corrected chi connectivity index (χ3v) is 5.31. The van der Waals surface area contributed by atoms with Crippen LogP contribution in [0, 0.1) is 5.82 Å². The van der Waals surface area contributed by atoms with Gasteiger partial charge in [-0.15, -0.1) is 0 Å². The van der Waals surface area contributed by atoms with Crippen LogP contribution in [0.4, 0.5) is 4.39 Å². The van der Waals surface area contributed by atoms with Crippen molar-refractivity contribution in [1.82, 2.24) is 9.88 Å². The van der Waals surface area contributed by atoms with Gasteiger partial charge in [0.2, 0.25) is 0 Å². The molecular weight excluding hydrogens is 315 g/mol. The normalized spacial score (nSPS) is 21.0. The van der Waals surface area contributed by atoms with E-state index in [1.807, 2.05) is 42.6 Å². The minimum absolute atomic E-state index is 0.0435. The van der Waals surface area contributed by atoms with Crippen LogP contribution in [-0.2, 0) is 6.54 Å². The number of hydrogen-bond donors (Lipinski definition) is 1. The third-order valence-electron chi connectivity index (χ3n) is 5.31. The molecule has 2 heterocycles. The summed E-state index contributed by atoms with van der Waals surface area (Å²) in [4.78, 5) is 17.3. The van der Waals surface area contributed by atoms with Crippen molar-refractivity contribution in [2.24, 2.45) is 0 Å². The van der Waals surface area contributed by atoms with Crippen molar-refractivity contribution >= 4 is 10.8 Å². The first-order valence-corrected chi connectivity index (χ1v) is 8.70. The van der Waals surface area contributed by atoms with Crippen LogP contribution >= 0.6 is 0 Å². The number of likely N-dealkylation sites (tertiary alicyclic amines) is 1. The zero-order chi connectivity index (χ0) is 17.4. The molecule has 1 saturated heterocycles. The average molecular weight is 336 g/mol. The number of pyridine rings is 1. The van der Waals surface area contributed by atoms with Crippen LogP contribution in [0.25, 0.3) is 10.8 Å². The summed E-state index contributed by atoms with van der Waals surface area (Å²) in [6.45, 7) is 3.98. The molecule has 0 bridgehead atoms. The van der Waals surface area contributed by atoms with Crippen LogP contribution < -0.4 is 5.56 Å². The summed E-state index contributed by atoms with van der Waals surface area (Å²) in [7, 11) is 0. The topological polar surface area (TPSA) is 36.1 Å². The molecular formula is C21H21FN2O. The molecule has 0 saturated carbocycles. The SMILES string of the molecule is CC1CC(c2ccc(F)cc2)CN1Cc1c[nH]c(=O)c2ccccc12. The van der Waals surface area contributed by atoms with Crippen LogP contribution in [-0.4, -0.2) is 22.5 Å². The number of aromatic nitrogens is 1. The van der Waals surface area contributed by atoms with Crippen molar-refractivity contribution in [2.45, 2.75) is 31.8 Å². The number of nitrogens with one attached hydrogen (secondary N) is 1. The van der Waals surface area contributed by atoms with Crippen LogP contribution in [0.15, 0.2) is 59.5 Å². The van der Waals surface area contributed by atoms with E-state index in [0.717, 1.165) is 35.8 Å². The summed E-state index contributed by atoms with van der Waals surface area (Å²) in [6.07, 6.45) is 2.90. The van der Waals surface area contributed by atoms with Gasteiger partial charge in [0.05, 0.1) is 0 Å². The Morgan fingerprint density at radius 1 is 1.12 bits per heavy atom. The van der Waals surface area contributed by atoms with Gasteiger partial charge in [0.1, 0.15) is 5.82 Å². The van der Waals surface area contributed by atoms with E-state index in [4.69, 9.17) is 0 Å². The molecule has 128 valence electrons. The van der Waals surface area contributed by atoms with E-state index in [9.17, 15) is 9.18 Å². The molecule has 0 spiro atoms. The molecule has 3 aromatic rings. The molecule has 3 nitrogen and oxygen atoms in total. The second kappa shape index (κ2) is 6.45. The van der Waals surface area contributed by atoms with Gasteiger partial charge in [0.25, 0.3) is 5.56 Å². The summed E-state index contributed by atoms with van der Waals surface area (Å²) in [5.74, 6) is 0.232. The first-order chi connectivity index (χ1) is 12.1. The molecule has 2 unspecified atom stereocenters. The molecule has 0 aliphatic carbocycles. The monoisotopic (exact) mass is 336 g/mol. The van der Waals surface area contributed by atoms with Gasteiger partial charge >= 0.3 is 0 Å². The minimum Gasteiger partial charge on any atom is -0.328 e. The Labute approximate surface area is 146 Å². The lowest BCUT2D eigenvalue weighted by molar-refractivity contribution is 0.259. The molecule has 25 heavy (non-hydrogen) atoms. The summed E-state index contributed by atoms with van der Waals surface area (Å²) >= 11 is 0. The first kappa shape index (κ1) is 16.0. The Bertz CT molecular complexity index is 948. The number of halogens is 1. The molecule has 1 aliphatic rings. The molecule has 4 heteroatoms. The van der Waals surface area contributed by atoms with Gasteiger partial charge in [-0.2, -0.15) is 0 Å². The maximum absolute atomic E-state index is 13.2. The Kier molecular flexibility index (Phi) is 4.14. The zero-order valence-electron chi connectivity index (χ0n) is 14.2. The summed E-state index contributed by atoms with van der Waals surface area (Å²) in [6, 6.07) is 15.1. The van der Waals surface area contributed by atoms with Gasteiger partial charge in [-0.25, -0.2) is 4.39 Å². The lowest BCUT2D eigenvalue weighted by Crippen LogP contribution is -2.27. The number of fused-ring (bicyclic) bond motifs is 1. The number of hydrogen-bond acceptors (Lipinski definition) is 2. The molecule has 1 aliphatic heterocycles. The summed E-state index contributed by atoms with van der Waals surface area (Å²) < 4.78 is 13.2. The molecule has 0 radical (unpaired) electrons. The predicted molar refractivity (Wildman–Crippen MR) is 98.2 cm³/mol. The molecule has 2 aromatic carbocycles. The van der Waals surface area contributed by atoms with Crippen LogP contribution in [0.5, 0.6) is 0 Å².